The van der Waals surface area contributed by atoms with Gasteiger partial charge in [-0.1, -0.05) is 48.5 Å². The van der Waals surface area contributed by atoms with Crippen molar-refractivity contribution in [3.05, 3.63) is 82.6 Å². The number of allylic oxidation sites excluding steroid dienone is 1. The first-order chi connectivity index (χ1) is 13.3. The molecule has 0 aliphatic carbocycles. The first-order valence-electron chi connectivity index (χ1n) is 8.80. The van der Waals surface area contributed by atoms with Crippen LogP contribution < -0.4 is 5.32 Å². The van der Waals surface area contributed by atoms with Gasteiger partial charge in [-0.2, -0.15) is 13.2 Å². The van der Waals surface area contributed by atoms with Gasteiger partial charge in [0.1, 0.15) is 12.8 Å². The molecule has 0 spiro atoms. The molecule has 0 saturated carbocycles. The number of aliphatic hydroxyl groups excluding tert-OH is 1. The van der Waals surface area contributed by atoms with Crippen LogP contribution in [0.2, 0.25) is 0 Å². The average Bonchev–Trinajstić information content (AvgIpc) is 2.65. The molecule has 0 aromatic heterocycles. The maximum Gasteiger partial charge on any atom is 0.416 e. The summed E-state index contributed by atoms with van der Waals surface area (Å²) in [5.74, 6) is -1.64. The highest BCUT2D eigenvalue weighted by Gasteiger charge is 2.39. The van der Waals surface area contributed by atoms with Gasteiger partial charge in [0.2, 0.25) is 0 Å². The second-order valence-electron chi connectivity index (χ2n) is 6.63. The van der Waals surface area contributed by atoms with E-state index in [0.717, 1.165) is 11.6 Å². The van der Waals surface area contributed by atoms with E-state index >= 15 is 0 Å². The third-order valence-electron chi connectivity index (χ3n) is 4.67. The Morgan fingerprint density at radius 2 is 1.79 bits per heavy atom. The van der Waals surface area contributed by atoms with Gasteiger partial charge in [-0.3, -0.25) is 0 Å². The van der Waals surface area contributed by atoms with Gasteiger partial charge in [0.25, 0.3) is 0 Å². The highest BCUT2D eigenvalue weighted by molar-refractivity contribution is 5.91. The number of alkyl halides is 3. The maximum absolute atomic E-state index is 13.5. The van der Waals surface area contributed by atoms with Crippen LogP contribution in [0.4, 0.5) is 13.2 Å². The predicted molar refractivity (Wildman–Crippen MR) is 96.9 cm³/mol. The summed E-state index contributed by atoms with van der Waals surface area (Å²) in [5, 5.41) is 12.8. The van der Waals surface area contributed by atoms with E-state index in [-0.39, 0.29) is 24.2 Å². The van der Waals surface area contributed by atoms with Crippen molar-refractivity contribution in [3.8, 4) is 0 Å². The normalized spacial score (nSPS) is 19.9. The molecular formula is C21H20F3NO3. The highest BCUT2D eigenvalue weighted by atomic mass is 19.4. The first kappa shape index (κ1) is 19.9. The number of rotatable bonds is 4. The van der Waals surface area contributed by atoms with Gasteiger partial charge in [-0.15, -0.1) is 0 Å². The third kappa shape index (κ3) is 4.36. The quantitative estimate of drug-likeness (QED) is 0.770. The second kappa shape index (κ2) is 8.06. The molecule has 1 aliphatic rings. The Bertz CT molecular complexity index is 878. The van der Waals surface area contributed by atoms with E-state index in [1.54, 1.807) is 31.2 Å². The summed E-state index contributed by atoms with van der Waals surface area (Å²) in [5.41, 5.74) is 0.290. The van der Waals surface area contributed by atoms with Gasteiger partial charge in [-0.25, -0.2) is 4.79 Å². The lowest BCUT2D eigenvalue weighted by Gasteiger charge is -2.32. The molecular weight excluding hydrogens is 371 g/mol. The summed E-state index contributed by atoms with van der Waals surface area (Å²) in [7, 11) is 0. The fourth-order valence-corrected chi connectivity index (χ4v) is 3.43. The number of halogens is 3. The summed E-state index contributed by atoms with van der Waals surface area (Å²) in [6.45, 7) is 1.55. The van der Waals surface area contributed by atoms with Crippen LogP contribution in [0.5, 0.6) is 0 Å². The Kier molecular flexibility index (Phi) is 5.74. The van der Waals surface area contributed by atoms with Crippen LogP contribution >= 0.6 is 0 Å². The number of aliphatic hydroxyl groups is 1. The molecule has 4 nitrogen and oxygen atoms in total. The average molecular weight is 391 g/mol. The van der Waals surface area contributed by atoms with Crippen LogP contribution in [0.3, 0.4) is 0 Å². The third-order valence-corrected chi connectivity index (χ3v) is 4.67. The Labute approximate surface area is 160 Å². The molecule has 3 rings (SSSR count). The minimum absolute atomic E-state index is 0.00659. The monoisotopic (exact) mass is 391 g/mol. The largest absolute Gasteiger partial charge is 0.457 e. The van der Waals surface area contributed by atoms with Crippen LogP contribution in [-0.4, -0.2) is 17.3 Å². The number of hydrogen-bond donors (Lipinski definition) is 2. The van der Waals surface area contributed by atoms with E-state index in [2.05, 4.69) is 5.32 Å². The zero-order valence-electron chi connectivity index (χ0n) is 15.2. The maximum atomic E-state index is 13.5. The second-order valence-corrected chi connectivity index (χ2v) is 6.63. The highest BCUT2D eigenvalue weighted by Crippen LogP contribution is 2.41. The smallest absolute Gasteiger partial charge is 0.416 e. The zero-order valence-corrected chi connectivity index (χ0v) is 15.2. The molecule has 0 amide bonds. The lowest BCUT2D eigenvalue weighted by Crippen LogP contribution is -2.38. The van der Waals surface area contributed by atoms with Crippen LogP contribution in [0.1, 0.15) is 36.0 Å². The van der Waals surface area contributed by atoms with Crippen molar-refractivity contribution in [2.75, 3.05) is 0 Å². The summed E-state index contributed by atoms with van der Waals surface area (Å²) in [6.07, 6.45) is -5.70. The van der Waals surface area contributed by atoms with E-state index in [4.69, 9.17) is 4.74 Å². The number of esters is 1. The summed E-state index contributed by atoms with van der Waals surface area (Å²) >= 11 is 0. The minimum atomic E-state index is -4.57. The molecule has 2 atom stereocenters. The Morgan fingerprint density at radius 3 is 2.46 bits per heavy atom. The van der Waals surface area contributed by atoms with E-state index in [0.29, 0.717) is 5.70 Å². The lowest BCUT2D eigenvalue weighted by atomic mass is 9.82. The van der Waals surface area contributed by atoms with Crippen molar-refractivity contribution < 1.29 is 27.8 Å². The Balaban J connectivity index is 1.94. The van der Waals surface area contributed by atoms with Crippen LogP contribution in [0.15, 0.2) is 65.9 Å². The van der Waals surface area contributed by atoms with E-state index in [9.17, 15) is 23.1 Å². The molecule has 2 aromatic rings. The minimum Gasteiger partial charge on any atom is -0.457 e. The van der Waals surface area contributed by atoms with E-state index in [1.165, 1.54) is 18.2 Å². The van der Waals surface area contributed by atoms with Crippen molar-refractivity contribution in [2.45, 2.75) is 38.3 Å². The summed E-state index contributed by atoms with van der Waals surface area (Å²) < 4.78 is 45.8. The molecule has 0 fully saturated rings. The van der Waals surface area contributed by atoms with Crippen molar-refractivity contribution in [3.63, 3.8) is 0 Å². The molecule has 0 saturated heterocycles. The van der Waals surface area contributed by atoms with Gasteiger partial charge < -0.3 is 15.2 Å². The Morgan fingerprint density at radius 1 is 1.14 bits per heavy atom. The molecule has 2 N–H and O–H groups in total. The van der Waals surface area contributed by atoms with Gasteiger partial charge in [-0.05, 0) is 24.1 Å². The lowest BCUT2D eigenvalue weighted by molar-refractivity contribution is -0.142. The number of nitrogens with one attached hydrogen (secondary N) is 1. The Hall–Kier alpha value is -2.80. The van der Waals surface area contributed by atoms with Gasteiger partial charge >= 0.3 is 12.1 Å². The molecule has 1 heterocycles. The summed E-state index contributed by atoms with van der Waals surface area (Å²) in [4.78, 5) is 12.8. The number of ether oxygens (including phenoxy) is 1. The van der Waals surface area contributed by atoms with Crippen LogP contribution in [-0.2, 0) is 22.3 Å². The predicted octanol–water partition coefficient (Wildman–Crippen LogP) is 4.12. The molecule has 2 unspecified atom stereocenters. The molecule has 2 aromatic carbocycles. The molecule has 0 bridgehead atoms. The van der Waals surface area contributed by atoms with Gasteiger partial charge in [0, 0.05) is 18.0 Å². The zero-order chi connectivity index (χ0) is 20.3. The van der Waals surface area contributed by atoms with E-state index < -0.39 is 29.9 Å². The molecule has 28 heavy (non-hydrogen) atoms. The molecule has 0 radical (unpaired) electrons. The fourth-order valence-electron chi connectivity index (χ4n) is 3.43. The molecule has 148 valence electrons. The SMILES string of the molecule is CC1=C(C(=O)OCc2ccccc2)C(c2ccccc2C(F)(F)F)CC(O)N1. The van der Waals surface area contributed by atoms with E-state index in [1.807, 2.05) is 6.07 Å². The number of carbonyl (C=O) groups is 1. The van der Waals surface area contributed by atoms with Crippen LogP contribution in [0, 0.1) is 0 Å². The van der Waals surface area contributed by atoms with Crippen LogP contribution in [0.25, 0.3) is 0 Å². The van der Waals surface area contributed by atoms with Crippen molar-refractivity contribution >= 4 is 5.97 Å². The van der Waals surface area contributed by atoms with Crippen molar-refractivity contribution in [2.24, 2.45) is 0 Å². The summed E-state index contributed by atoms with van der Waals surface area (Å²) in [6, 6.07) is 14.1. The molecule has 1 aliphatic heterocycles. The van der Waals surface area contributed by atoms with Gasteiger partial charge in [0.05, 0.1) is 11.1 Å². The number of benzene rings is 2. The number of carbonyl (C=O) groups excluding carboxylic acids is 1. The van der Waals surface area contributed by atoms with Gasteiger partial charge in [0.15, 0.2) is 0 Å². The fraction of sp³-hybridized carbons (Fsp3) is 0.286. The van der Waals surface area contributed by atoms with Crippen molar-refractivity contribution in [1.29, 1.82) is 0 Å². The van der Waals surface area contributed by atoms with Crippen molar-refractivity contribution in [1.82, 2.24) is 5.32 Å². The molecule has 7 heteroatoms. The standard InChI is InChI=1S/C21H20F3NO3/c1-13-19(20(27)28-12-14-7-3-2-4-8-14)16(11-18(26)25-13)15-9-5-6-10-17(15)21(22,23)24/h2-10,16,18,25-26H,11-12H2,1H3. The number of hydrogen-bond acceptors (Lipinski definition) is 4. The topological polar surface area (TPSA) is 58.6 Å². The first-order valence-corrected chi connectivity index (χ1v) is 8.80.